The van der Waals surface area contributed by atoms with E-state index in [1.807, 2.05) is 0 Å². The van der Waals surface area contributed by atoms with Crippen LogP contribution in [0.4, 0.5) is 13.2 Å². The Balaban J connectivity index is 1.89. The molecule has 2 atom stereocenters. The lowest BCUT2D eigenvalue weighted by atomic mass is 10.2. The number of carbonyl (C=O) groups is 1. The zero-order valence-electron chi connectivity index (χ0n) is 13.3. The summed E-state index contributed by atoms with van der Waals surface area (Å²) in [5, 5.41) is 12.7. The number of aromatic hydroxyl groups is 1. The fourth-order valence-electron chi connectivity index (χ4n) is 2.65. The number of benzene rings is 1. The smallest absolute Gasteiger partial charge is 0.295 e. The van der Waals surface area contributed by atoms with Crippen molar-refractivity contribution < 1.29 is 32.3 Å². The van der Waals surface area contributed by atoms with Crippen molar-refractivity contribution in [2.24, 2.45) is 0 Å². The summed E-state index contributed by atoms with van der Waals surface area (Å²) in [5.41, 5.74) is -0.647. The maximum atomic E-state index is 13.9. The predicted molar refractivity (Wildman–Crippen MR) is 77.2 cm³/mol. The molecule has 1 fully saturated rings. The van der Waals surface area contributed by atoms with Crippen LogP contribution < -0.4 is 0 Å². The Kier molecular flexibility index (Phi) is 4.38. The number of hydrogen-bond acceptors (Lipinski definition) is 6. The largest absolute Gasteiger partial charge is 0.503 e. The summed E-state index contributed by atoms with van der Waals surface area (Å²) < 4.78 is 50.7. The number of hydrogen-bond donors (Lipinski definition) is 1. The van der Waals surface area contributed by atoms with Gasteiger partial charge in [-0.1, -0.05) is 5.16 Å². The zero-order chi connectivity index (χ0) is 18.3. The van der Waals surface area contributed by atoms with Gasteiger partial charge >= 0.3 is 0 Å². The van der Waals surface area contributed by atoms with Crippen molar-refractivity contribution in [2.45, 2.75) is 26.1 Å². The monoisotopic (exact) mass is 357 g/mol. The maximum Gasteiger partial charge on any atom is 0.295 e. The van der Waals surface area contributed by atoms with Crippen LogP contribution in [-0.2, 0) is 4.74 Å². The van der Waals surface area contributed by atoms with Gasteiger partial charge in [0.15, 0.2) is 17.4 Å². The number of aromatic nitrogens is 2. The van der Waals surface area contributed by atoms with E-state index in [-0.39, 0.29) is 18.0 Å². The highest BCUT2D eigenvalue weighted by atomic mass is 19.2. The topological polar surface area (TPSA) is 88.7 Å². The number of carbonyl (C=O) groups excluding carboxylic acids is 1. The highest BCUT2D eigenvalue weighted by Gasteiger charge is 2.30. The van der Waals surface area contributed by atoms with Gasteiger partial charge in [0.2, 0.25) is 5.82 Å². The van der Waals surface area contributed by atoms with Crippen molar-refractivity contribution in [3.05, 3.63) is 29.3 Å². The normalized spacial score (nSPS) is 20.8. The number of rotatable bonds is 2. The molecule has 0 aliphatic carbocycles. The number of amides is 1. The highest BCUT2D eigenvalue weighted by molar-refractivity contribution is 5.90. The summed E-state index contributed by atoms with van der Waals surface area (Å²) in [5.74, 6) is -7.66. The average Bonchev–Trinajstić information content (AvgIpc) is 3.04. The first-order valence-electron chi connectivity index (χ1n) is 7.43. The van der Waals surface area contributed by atoms with Gasteiger partial charge < -0.3 is 19.3 Å². The van der Waals surface area contributed by atoms with Crippen molar-refractivity contribution in [2.75, 3.05) is 13.1 Å². The Bertz CT molecular complexity index is 817. The van der Waals surface area contributed by atoms with Gasteiger partial charge in [-0.2, -0.15) is 9.37 Å². The summed E-state index contributed by atoms with van der Waals surface area (Å²) in [6.07, 6.45) is -0.362. The summed E-state index contributed by atoms with van der Waals surface area (Å²) >= 11 is 0. The molecule has 1 aromatic carbocycles. The van der Waals surface area contributed by atoms with Gasteiger partial charge in [-0.05, 0) is 19.9 Å². The summed E-state index contributed by atoms with van der Waals surface area (Å²) in [6.45, 7) is 4.23. The molecule has 2 heterocycles. The Labute approximate surface area is 140 Å². The number of morpholine rings is 1. The van der Waals surface area contributed by atoms with Crippen LogP contribution >= 0.6 is 0 Å². The van der Waals surface area contributed by atoms with Crippen molar-refractivity contribution in [1.29, 1.82) is 0 Å². The Morgan fingerprint density at radius 2 is 1.88 bits per heavy atom. The Hall–Kier alpha value is -2.62. The zero-order valence-corrected chi connectivity index (χ0v) is 13.3. The molecule has 0 spiro atoms. The van der Waals surface area contributed by atoms with E-state index in [4.69, 9.17) is 9.26 Å². The molecule has 25 heavy (non-hydrogen) atoms. The molecule has 0 bridgehead atoms. The fraction of sp³-hybridized carbons (Fsp3) is 0.400. The van der Waals surface area contributed by atoms with Crippen molar-refractivity contribution in [3.8, 4) is 17.2 Å². The van der Waals surface area contributed by atoms with E-state index in [1.165, 1.54) is 4.90 Å². The first-order chi connectivity index (χ1) is 11.8. The van der Waals surface area contributed by atoms with Gasteiger partial charge in [-0.3, -0.25) is 4.79 Å². The van der Waals surface area contributed by atoms with Crippen LogP contribution in [0, 0.1) is 17.5 Å². The van der Waals surface area contributed by atoms with Gasteiger partial charge in [0.05, 0.1) is 17.8 Å². The molecular weight excluding hydrogens is 343 g/mol. The van der Waals surface area contributed by atoms with E-state index < -0.39 is 40.6 Å². The first kappa shape index (κ1) is 17.2. The standard InChI is InChI=1S/C15H14F3N3O4/c1-6-4-21(5-7(2)24-6)15(23)13-19-14(25-20-13)8-3-9(16)11(18)12(22)10(8)17/h3,6-7,22H,4-5H2,1-2H3/t6-,7-/m1/s1. The second-order valence-electron chi connectivity index (χ2n) is 5.77. The van der Waals surface area contributed by atoms with Gasteiger partial charge in [0, 0.05) is 13.1 Å². The van der Waals surface area contributed by atoms with Gasteiger partial charge in [-0.15, -0.1) is 0 Å². The molecule has 1 aromatic heterocycles. The van der Waals surface area contributed by atoms with Gasteiger partial charge in [-0.25, -0.2) is 8.78 Å². The molecule has 1 saturated heterocycles. The number of phenols is 1. The van der Waals surface area contributed by atoms with Crippen LogP contribution in [0.25, 0.3) is 11.5 Å². The van der Waals surface area contributed by atoms with Gasteiger partial charge in [0.25, 0.3) is 17.6 Å². The number of halogens is 3. The van der Waals surface area contributed by atoms with Crippen molar-refractivity contribution in [1.82, 2.24) is 15.0 Å². The molecule has 2 aromatic rings. The van der Waals surface area contributed by atoms with E-state index >= 15 is 0 Å². The first-order valence-corrected chi connectivity index (χ1v) is 7.43. The minimum Gasteiger partial charge on any atom is -0.503 e. The highest BCUT2D eigenvalue weighted by Crippen LogP contribution is 2.31. The summed E-state index contributed by atoms with van der Waals surface area (Å²) in [4.78, 5) is 17.6. The molecule has 10 heteroatoms. The molecule has 1 aliphatic rings. The third-order valence-corrected chi connectivity index (χ3v) is 3.69. The Morgan fingerprint density at radius 1 is 1.24 bits per heavy atom. The third-order valence-electron chi connectivity index (χ3n) is 3.69. The third kappa shape index (κ3) is 3.16. The van der Waals surface area contributed by atoms with E-state index in [1.54, 1.807) is 13.8 Å². The molecule has 0 unspecified atom stereocenters. The van der Waals surface area contributed by atoms with E-state index in [2.05, 4.69) is 10.1 Å². The van der Waals surface area contributed by atoms with E-state index in [0.717, 1.165) is 0 Å². The lowest BCUT2D eigenvalue weighted by molar-refractivity contribution is -0.0589. The molecule has 7 nitrogen and oxygen atoms in total. The lowest BCUT2D eigenvalue weighted by Crippen LogP contribution is -2.48. The molecule has 3 rings (SSSR count). The number of phenolic OH excluding ortho intramolecular Hbond substituents is 1. The van der Waals surface area contributed by atoms with Crippen LogP contribution in [0.1, 0.15) is 24.5 Å². The SMILES string of the molecule is C[C@@H]1CN(C(=O)c2noc(-c3cc(F)c(F)c(O)c3F)n2)C[C@@H](C)O1. The van der Waals surface area contributed by atoms with Crippen molar-refractivity contribution >= 4 is 5.91 Å². The fourth-order valence-corrected chi connectivity index (χ4v) is 2.65. The molecule has 1 aliphatic heterocycles. The summed E-state index contributed by atoms with van der Waals surface area (Å²) in [7, 11) is 0. The molecule has 1 N–H and O–H groups in total. The second-order valence-corrected chi connectivity index (χ2v) is 5.77. The minimum atomic E-state index is -1.73. The lowest BCUT2D eigenvalue weighted by Gasteiger charge is -2.34. The van der Waals surface area contributed by atoms with Gasteiger partial charge in [0.1, 0.15) is 0 Å². The van der Waals surface area contributed by atoms with Crippen LogP contribution in [0.2, 0.25) is 0 Å². The number of nitrogens with zero attached hydrogens (tertiary/aromatic N) is 3. The molecule has 134 valence electrons. The molecular formula is C15H14F3N3O4. The maximum absolute atomic E-state index is 13.9. The predicted octanol–water partition coefficient (Wildman–Crippen LogP) is 2.11. The van der Waals surface area contributed by atoms with Crippen LogP contribution in [0.15, 0.2) is 10.6 Å². The quantitative estimate of drug-likeness (QED) is 0.828. The summed E-state index contributed by atoms with van der Waals surface area (Å²) in [6, 6.07) is 0.463. The molecule has 0 radical (unpaired) electrons. The second kappa shape index (κ2) is 6.36. The van der Waals surface area contributed by atoms with E-state index in [9.17, 15) is 23.1 Å². The average molecular weight is 357 g/mol. The Morgan fingerprint density at radius 3 is 2.52 bits per heavy atom. The molecule has 1 amide bonds. The van der Waals surface area contributed by atoms with E-state index in [0.29, 0.717) is 19.2 Å². The number of ether oxygens (including phenoxy) is 1. The van der Waals surface area contributed by atoms with Crippen LogP contribution in [0.3, 0.4) is 0 Å². The van der Waals surface area contributed by atoms with Crippen LogP contribution in [-0.4, -0.2) is 51.4 Å². The van der Waals surface area contributed by atoms with Crippen molar-refractivity contribution in [3.63, 3.8) is 0 Å². The van der Waals surface area contributed by atoms with Crippen LogP contribution in [0.5, 0.6) is 5.75 Å². The molecule has 0 saturated carbocycles. The minimum absolute atomic E-state index is 0.181.